The van der Waals surface area contributed by atoms with Crippen LogP contribution in [-0.4, -0.2) is 111 Å². The summed E-state index contributed by atoms with van der Waals surface area (Å²) in [6.07, 6.45) is 10.6. The molecule has 0 unspecified atom stereocenters. The molecular weight excluding hydrogens is 1010 g/mol. The summed E-state index contributed by atoms with van der Waals surface area (Å²) in [6, 6.07) is 25.8. The lowest BCUT2D eigenvalue weighted by Gasteiger charge is -2.29. The standard InChI is InChI=1S/2C27H33N6O4P/c2*1-4-20-21(36-38-33-14-8-12-22(33)27(3,37-38)19-10-6-5-7-11-19)16-23(35-20)32-17-29-24-25(32)30-18(2)31-26(24)34-15-9-13-28/h2*5-7,10-11,17,20-23H,4,8-9,12,14-16H2,1-3H3/t20-,21-,22+,23-,27-,38+;20-,21-,22-,23-,27+,38-/m11/s1. The van der Waals surface area contributed by atoms with Gasteiger partial charge in [0.1, 0.15) is 48.5 Å². The van der Waals surface area contributed by atoms with E-state index < -0.39 is 17.1 Å². The van der Waals surface area contributed by atoms with Crippen LogP contribution in [0, 0.1) is 36.5 Å². The number of nitriles is 2. The van der Waals surface area contributed by atoms with Crippen LogP contribution < -0.4 is 9.47 Å². The maximum atomic E-state index is 8.85. The van der Waals surface area contributed by atoms with Crippen molar-refractivity contribution in [2.45, 2.75) is 166 Å². The maximum Gasteiger partial charge on any atom is 0.260 e. The Balaban J connectivity index is 0.000000162. The molecule has 0 radical (unpaired) electrons. The Kier molecular flexibility index (Phi) is 15.6. The van der Waals surface area contributed by atoms with Gasteiger partial charge in [-0.05, 0) is 77.3 Å². The summed E-state index contributed by atoms with van der Waals surface area (Å²) >= 11 is 0. The summed E-state index contributed by atoms with van der Waals surface area (Å²) in [4.78, 5) is 27.1. The zero-order valence-corrected chi connectivity index (χ0v) is 45.8. The van der Waals surface area contributed by atoms with E-state index in [0.717, 1.165) is 51.6 Å². The zero-order chi connectivity index (χ0) is 52.6. The Hall–Kier alpha value is -5.34. The third-order valence-corrected chi connectivity index (χ3v) is 19.3. The molecule has 10 heterocycles. The van der Waals surface area contributed by atoms with Crippen LogP contribution in [0.4, 0.5) is 0 Å². The molecule has 0 aliphatic carbocycles. The highest BCUT2D eigenvalue weighted by atomic mass is 31.2. The number of hydrogen-bond acceptors (Lipinski definition) is 18. The van der Waals surface area contributed by atoms with E-state index in [4.69, 9.17) is 47.6 Å². The number of imidazole rings is 2. The van der Waals surface area contributed by atoms with Gasteiger partial charge >= 0.3 is 0 Å². The van der Waals surface area contributed by atoms with Crippen LogP contribution in [0.3, 0.4) is 0 Å². The molecule has 22 heteroatoms. The Morgan fingerprint density at radius 3 is 1.45 bits per heavy atom. The number of nitrogens with zero attached hydrogens (tertiary/aromatic N) is 12. The van der Waals surface area contributed by atoms with Gasteiger partial charge in [-0.1, -0.05) is 74.5 Å². The smallest absolute Gasteiger partial charge is 0.260 e. The Morgan fingerprint density at radius 2 is 1.05 bits per heavy atom. The molecule has 0 saturated carbocycles. The first-order valence-corrected chi connectivity index (χ1v) is 29.0. The number of benzene rings is 2. The molecule has 6 aliphatic rings. The van der Waals surface area contributed by atoms with Crippen molar-refractivity contribution >= 4 is 39.4 Å². The van der Waals surface area contributed by atoms with E-state index in [2.05, 4.69) is 128 Å². The van der Waals surface area contributed by atoms with Gasteiger partial charge in [0.2, 0.25) is 11.8 Å². The fourth-order valence-corrected chi connectivity index (χ4v) is 16.0. The van der Waals surface area contributed by atoms with Crippen LogP contribution >= 0.6 is 17.1 Å². The summed E-state index contributed by atoms with van der Waals surface area (Å²) in [7, 11) is -2.43. The monoisotopic (exact) mass is 1070 g/mol. The molecule has 0 N–H and O–H groups in total. The highest BCUT2D eigenvalue weighted by molar-refractivity contribution is 7.45. The molecule has 0 bridgehead atoms. The van der Waals surface area contributed by atoms with Crippen molar-refractivity contribution in [3.63, 3.8) is 0 Å². The molecule has 20 nitrogen and oxygen atoms in total. The normalized spacial score (nSPS) is 31.1. The minimum atomic E-state index is -1.21. The highest BCUT2D eigenvalue weighted by Gasteiger charge is 2.58. The quantitative estimate of drug-likeness (QED) is 0.0650. The number of aromatic nitrogens is 8. The average Bonchev–Trinajstić information content (AvgIpc) is 4.31. The van der Waals surface area contributed by atoms with Crippen molar-refractivity contribution in [2.24, 2.45) is 0 Å². The zero-order valence-electron chi connectivity index (χ0n) is 44.0. The molecule has 6 aliphatic heterocycles. The maximum absolute atomic E-state index is 8.85. The largest absolute Gasteiger partial charge is 0.475 e. The van der Waals surface area contributed by atoms with Crippen LogP contribution in [0.25, 0.3) is 22.3 Å². The van der Waals surface area contributed by atoms with Gasteiger partial charge in [0.25, 0.3) is 17.1 Å². The summed E-state index contributed by atoms with van der Waals surface area (Å²) in [6.45, 7) is 14.8. The molecule has 76 heavy (non-hydrogen) atoms. The lowest BCUT2D eigenvalue weighted by molar-refractivity contribution is -0.0163. The molecule has 2 aromatic carbocycles. The first kappa shape index (κ1) is 52.7. The minimum Gasteiger partial charge on any atom is -0.475 e. The third-order valence-electron chi connectivity index (χ3n) is 15.5. The molecular formula is C54H66N12O8P2. The van der Waals surface area contributed by atoms with E-state index in [9.17, 15) is 0 Å². The number of fused-ring (bicyclic) bond motifs is 4. The van der Waals surface area contributed by atoms with Crippen molar-refractivity contribution in [2.75, 3.05) is 26.3 Å². The predicted octanol–water partition coefficient (Wildman–Crippen LogP) is 10.3. The summed E-state index contributed by atoms with van der Waals surface area (Å²) in [5.41, 5.74) is 4.07. The average molecular weight is 1070 g/mol. The van der Waals surface area contributed by atoms with Crippen LogP contribution in [0.2, 0.25) is 0 Å². The van der Waals surface area contributed by atoms with Gasteiger partial charge in [0.15, 0.2) is 22.3 Å². The second kappa shape index (κ2) is 22.6. The number of ether oxygens (including phenoxy) is 4. The number of hydrogen-bond donors (Lipinski definition) is 0. The predicted molar refractivity (Wildman–Crippen MR) is 282 cm³/mol. The van der Waals surface area contributed by atoms with Crippen molar-refractivity contribution in [3.05, 3.63) is 96.1 Å². The van der Waals surface area contributed by atoms with Crippen LogP contribution in [0.1, 0.15) is 127 Å². The van der Waals surface area contributed by atoms with Crippen molar-refractivity contribution in [3.8, 4) is 23.9 Å². The molecule has 0 amide bonds. The van der Waals surface area contributed by atoms with Gasteiger partial charge in [0, 0.05) is 25.9 Å². The van der Waals surface area contributed by atoms with Gasteiger partial charge in [-0.25, -0.2) is 29.3 Å². The van der Waals surface area contributed by atoms with Crippen LogP contribution in [0.5, 0.6) is 11.8 Å². The summed E-state index contributed by atoms with van der Waals surface area (Å²) < 4.78 is 60.3. The van der Waals surface area contributed by atoms with Crippen LogP contribution in [-0.2, 0) is 38.8 Å². The molecule has 12 atom stereocenters. The van der Waals surface area contributed by atoms with Crippen molar-refractivity contribution in [1.29, 1.82) is 10.5 Å². The molecule has 4 aromatic heterocycles. The highest BCUT2D eigenvalue weighted by Crippen LogP contribution is 2.65. The van der Waals surface area contributed by atoms with Crippen molar-refractivity contribution < 1.29 is 37.0 Å². The summed E-state index contributed by atoms with van der Waals surface area (Å²) in [5.74, 6) is 1.93. The Morgan fingerprint density at radius 1 is 0.632 bits per heavy atom. The van der Waals surface area contributed by atoms with E-state index in [1.807, 2.05) is 35.1 Å². The molecule has 400 valence electrons. The van der Waals surface area contributed by atoms with E-state index in [1.165, 1.54) is 11.1 Å². The second-order valence-electron chi connectivity index (χ2n) is 20.4. The van der Waals surface area contributed by atoms with E-state index >= 15 is 0 Å². The van der Waals surface area contributed by atoms with Gasteiger partial charge < -0.3 is 37.0 Å². The molecule has 6 saturated heterocycles. The fraction of sp³-hybridized carbons (Fsp3) is 0.556. The molecule has 12 rings (SSSR count). The lowest BCUT2D eigenvalue weighted by atomic mass is 9.87. The summed E-state index contributed by atoms with van der Waals surface area (Å²) in [5, 5.41) is 17.7. The molecule has 6 aromatic rings. The SMILES string of the molecule is CC[C@H]1O[C@@H](n2cnc3c(OCCC#N)nc(C)nc32)C[C@H]1O[P@@]1O[C@](C)(c2ccccc2)[C@@H]2CCCN21.CC[C@H]1O[C@@H](n2cnc3c(OCCC#N)nc(C)nc32)C[C@H]1O[P@]1O[C@@](C)(c2ccccc2)[C@H]2CCCN21. The number of rotatable bonds is 16. The third kappa shape index (κ3) is 10.1. The minimum absolute atomic E-state index is 0.0672. The van der Waals surface area contributed by atoms with Gasteiger partial charge in [-0.3, -0.25) is 9.13 Å². The Labute approximate surface area is 445 Å². The molecule has 0 spiro atoms. The first-order valence-electron chi connectivity index (χ1n) is 26.7. The van der Waals surface area contributed by atoms with E-state index in [0.29, 0.717) is 70.7 Å². The van der Waals surface area contributed by atoms with E-state index in [1.54, 1.807) is 12.7 Å². The van der Waals surface area contributed by atoms with E-state index in [-0.39, 0.29) is 74.1 Å². The fourth-order valence-electron chi connectivity index (χ4n) is 11.7. The number of aryl methyl sites for hydroxylation is 2. The molecule has 6 fully saturated rings. The van der Waals surface area contributed by atoms with Crippen LogP contribution in [0.15, 0.2) is 73.3 Å². The topological polar surface area (TPSA) is 215 Å². The second-order valence-corrected chi connectivity index (χ2v) is 23.2. The first-order chi connectivity index (χ1) is 37.0. The lowest BCUT2D eigenvalue weighted by Crippen LogP contribution is -2.36. The van der Waals surface area contributed by atoms with Crippen molar-refractivity contribution in [1.82, 2.24) is 48.4 Å². The van der Waals surface area contributed by atoms with Gasteiger partial charge in [-0.2, -0.15) is 20.5 Å². The van der Waals surface area contributed by atoms with Gasteiger partial charge in [0.05, 0.1) is 74.1 Å². The van der Waals surface area contributed by atoms with Gasteiger partial charge in [-0.15, -0.1) is 0 Å². The Bertz CT molecular complexity index is 2870.